The number of rotatable bonds is 6. The van der Waals surface area contributed by atoms with E-state index in [1.54, 1.807) is 0 Å². The molecule has 1 aliphatic heterocycles. The molecule has 0 unspecified atom stereocenters. The highest BCUT2D eigenvalue weighted by Gasteiger charge is 2.33. The first-order valence-electron chi connectivity index (χ1n) is 9.38. The molecule has 1 aliphatic rings. The van der Waals surface area contributed by atoms with Gasteiger partial charge in [0.2, 0.25) is 11.8 Å². The van der Waals surface area contributed by atoms with Crippen LogP contribution in [-0.4, -0.2) is 42.2 Å². The number of carbonyl (C=O) groups excluding carboxylic acids is 1. The van der Waals surface area contributed by atoms with Gasteiger partial charge in [-0.15, -0.1) is 0 Å². The third kappa shape index (κ3) is 3.32. The fraction of sp³-hybridized carbons (Fsp3) is 0.474. The van der Waals surface area contributed by atoms with Gasteiger partial charge in [0.25, 0.3) is 0 Å². The molecule has 1 amide bonds. The Labute approximate surface area is 156 Å². The van der Waals surface area contributed by atoms with Crippen LogP contribution in [0.2, 0.25) is 0 Å². The maximum atomic E-state index is 12.9. The molecule has 2 aromatic heterocycles. The summed E-state index contributed by atoms with van der Waals surface area (Å²) in [6, 6.07) is 7.57. The molecule has 1 atom stereocenters. The van der Waals surface area contributed by atoms with Crippen LogP contribution in [0.1, 0.15) is 49.8 Å². The first-order valence-corrected chi connectivity index (χ1v) is 9.38. The summed E-state index contributed by atoms with van der Waals surface area (Å²) in [5.74, 6) is 1.82. The summed E-state index contributed by atoms with van der Waals surface area (Å²) < 4.78 is 7.28. The Kier molecular flexibility index (Phi) is 4.89. The second kappa shape index (κ2) is 7.48. The lowest BCUT2D eigenvalue weighted by molar-refractivity contribution is -0.132. The SMILES string of the molecule is CCc1noc([C@@H]2CCCN2C(=O)CCn2c(CO)nc3ccccc32)n1. The van der Waals surface area contributed by atoms with Crippen LogP contribution in [0.5, 0.6) is 0 Å². The van der Waals surface area contributed by atoms with Crippen LogP contribution in [0, 0.1) is 0 Å². The molecule has 1 aromatic carbocycles. The molecule has 4 rings (SSSR count). The molecule has 142 valence electrons. The molecule has 0 bridgehead atoms. The number of para-hydroxylation sites is 2. The Morgan fingerprint density at radius 1 is 1.33 bits per heavy atom. The number of aliphatic hydroxyl groups excluding tert-OH is 1. The Hall–Kier alpha value is -2.74. The molecule has 1 N–H and O–H groups in total. The van der Waals surface area contributed by atoms with Crippen molar-refractivity contribution >= 4 is 16.9 Å². The van der Waals surface area contributed by atoms with Crippen molar-refractivity contribution in [2.75, 3.05) is 6.54 Å². The summed E-state index contributed by atoms with van der Waals surface area (Å²) in [6.07, 6.45) is 2.81. The number of imidazole rings is 1. The molecular weight excluding hydrogens is 346 g/mol. The molecule has 27 heavy (non-hydrogen) atoms. The summed E-state index contributed by atoms with van der Waals surface area (Å²) in [7, 11) is 0. The van der Waals surface area contributed by atoms with Crippen molar-refractivity contribution in [1.82, 2.24) is 24.6 Å². The largest absolute Gasteiger partial charge is 0.388 e. The van der Waals surface area contributed by atoms with Crippen molar-refractivity contribution < 1.29 is 14.4 Å². The van der Waals surface area contributed by atoms with Gasteiger partial charge in [0.05, 0.1) is 11.0 Å². The van der Waals surface area contributed by atoms with Gasteiger partial charge in [0, 0.05) is 25.9 Å². The Morgan fingerprint density at radius 2 is 2.19 bits per heavy atom. The molecule has 0 spiro atoms. The van der Waals surface area contributed by atoms with Crippen LogP contribution in [0.4, 0.5) is 0 Å². The zero-order valence-electron chi connectivity index (χ0n) is 15.3. The van der Waals surface area contributed by atoms with Gasteiger partial charge in [-0.3, -0.25) is 4.79 Å². The van der Waals surface area contributed by atoms with E-state index in [-0.39, 0.29) is 18.6 Å². The number of aliphatic hydroxyl groups is 1. The van der Waals surface area contributed by atoms with Gasteiger partial charge in [-0.2, -0.15) is 4.98 Å². The Morgan fingerprint density at radius 3 is 2.96 bits per heavy atom. The average Bonchev–Trinajstić information content (AvgIpc) is 3.43. The van der Waals surface area contributed by atoms with Gasteiger partial charge in [0.1, 0.15) is 18.5 Å². The minimum Gasteiger partial charge on any atom is -0.388 e. The fourth-order valence-corrected chi connectivity index (χ4v) is 3.72. The van der Waals surface area contributed by atoms with Gasteiger partial charge in [0.15, 0.2) is 5.82 Å². The van der Waals surface area contributed by atoms with Crippen molar-refractivity contribution in [2.24, 2.45) is 0 Å². The minimum absolute atomic E-state index is 0.0513. The van der Waals surface area contributed by atoms with Gasteiger partial charge < -0.3 is 19.1 Å². The molecule has 1 saturated heterocycles. The lowest BCUT2D eigenvalue weighted by atomic mass is 10.2. The Bertz CT molecular complexity index is 948. The number of hydrogen-bond acceptors (Lipinski definition) is 6. The van der Waals surface area contributed by atoms with E-state index in [9.17, 15) is 9.90 Å². The number of nitrogens with zero attached hydrogens (tertiary/aromatic N) is 5. The van der Waals surface area contributed by atoms with Gasteiger partial charge in [-0.05, 0) is 25.0 Å². The highest BCUT2D eigenvalue weighted by molar-refractivity contribution is 5.78. The first-order chi connectivity index (χ1) is 13.2. The van der Waals surface area contributed by atoms with Crippen LogP contribution < -0.4 is 0 Å². The second-order valence-electron chi connectivity index (χ2n) is 6.72. The van der Waals surface area contributed by atoms with Crippen molar-refractivity contribution in [1.29, 1.82) is 0 Å². The zero-order valence-corrected chi connectivity index (χ0v) is 15.3. The third-order valence-corrected chi connectivity index (χ3v) is 5.08. The lowest BCUT2D eigenvalue weighted by Crippen LogP contribution is -2.31. The number of likely N-dealkylation sites (tertiary alicyclic amines) is 1. The quantitative estimate of drug-likeness (QED) is 0.716. The van der Waals surface area contributed by atoms with E-state index in [0.29, 0.717) is 43.5 Å². The van der Waals surface area contributed by atoms with E-state index in [4.69, 9.17) is 4.52 Å². The van der Waals surface area contributed by atoms with Crippen molar-refractivity contribution in [3.8, 4) is 0 Å². The maximum absolute atomic E-state index is 12.9. The molecule has 3 heterocycles. The van der Waals surface area contributed by atoms with Gasteiger partial charge in [-0.25, -0.2) is 4.98 Å². The highest BCUT2D eigenvalue weighted by Crippen LogP contribution is 2.31. The third-order valence-electron chi connectivity index (χ3n) is 5.08. The van der Waals surface area contributed by atoms with Gasteiger partial charge in [-0.1, -0.05) is 24.2 Å². The van der Waals surface area contributed by atoms with Crippen LogP contribution >= 0.6 is 0 Å². The van der Waals surface area contributed by atoms with E-state index < -0.39 is 0 Å². The monoisotopic (exact) mass is 369 g/mol. The van der Waals surface area contributed by atoms with Crippen LogP contribution in [0.15, 0.2) is 28.8 Å². The molecule has 3 aromatic rings. The molecule has 0 aliphatic carbocycles. The van der Waals surface area contributed by atoms with Crippen molar-refractivity contribution in [3.63, 3.8) is 0 Å². The lowest BCUT2D eigenvalue weighted by Gasteiger charge is -2.22. The van der Waals surface area contributed by atoms with Crippen LogP contribution in [0.25, 0.3) is 11.0 Å². The molecule has 1 fully saturated rings. The smallest absolute Gasteiger partial charge is 0.249 e. The maximum Gasteiger partial charge on any atom is 0.249 e. The van der Waals surface area contributed by atoms with E-state index in [2.05, 4.69) is 15.1 Å². The normalized spacial score (nSPS) is 17.1. The first kappa shape index (κ1) is 17.7. The van der Waals surface area contributed by atoms with E-state index >= 15 is 0 Å². The number of aromatic nitrogens is 4. The number of aryl methyl sites for hydroxylation is 2. The number of hydrogen-bond donors (Lipinski definition) is 1. The molecule has 8 heteroatoms. The molecule has 0 saturated carbocycles. The topological polar surface area (TPSA) is 97.3 Å². The summed E-state index contributed by atoms with van der Waals surface area (Å²) in [5, 5.41) is 13.6. The summed E-state index contributed by atoms with van der Waals surface area (Å²) in [4.78, 5) is 23.6. The standard InChI is InChI=1S/C19H23N5O3/c1-2-16-21-19(27-22-16)15-8-5-10-24(15)18(26)9-11-23-14-7-4-3-6-13(14)20-17(23)12-25/h3-4,6-7,15,25H,2,5,8-12H2,1H3/t15-/m0/s1. The predicted molar refractivity (Wildman–Crippen MR) is 97.6 cm³/mol. The minimum atomic E-state index is -0.156. The number of carbonyl (C=O) groups is 1. The van der Waals surface area contributed by atoms with E-state index in [0.717, 1.165) is 23.9 Å². The fourth-order valence-electron chi connectivity index (χ4n) is 3.72. The molecular formula is C19H23N5O3. The molecule has 0 radical (unpaired) electrons. The van der Waals surface area contributed by atoms with Crippen LogP contribution in [0.3, 0.4) is 0 Å². The number of benzene rings is 1. The van der Waals surface area contributed by atoms with Crippen molar-refractivity contribution in [3.05, 3.63) is 41.8 Å². The summed E-state index contributed by atoms with van der Waals surface area (Å²) in [5.41, 5.74) is 1.75. The summed E-state index contributed by atoms with van der Waals surface area (Å²) in [6.45, 7) is 2.99. The Balaban J connectivity index is 1.49. The van der Waals surface area contributed by atoms with Crippen LogP contribution in [-0.2, 0) is 24.4 Å². The number of amides is 1. The number of fused-ring (bicyclic) bond motifs is 1. The van der Waals surface area contributed by atoms with E-state index in [1.165, 1.54) is 0 Å². The molecule has 8 nitrogen and oxygen atoms in total. The highest BCUT2D eigenvalue weighted by atomic mass is 16.5. The van der Waals surface area contributed by atoms with Gasteiger partial charge >= 0.3 is 0 Å². The summed E-state index contributed by atoms with van der Waals surface area (Å²) >= 11 is 0. The zero-order chi connectivity index (χ0) is 18.8. The average molecular weight is 369 g/mol. The second-order valence-corrected chi connectivity index (χ2v) is 6.72. The predicted octanol–water partition coefficient (Wildman–Crippen LogP) is 2.23. The van der Waals surface area contributed by atoms with Crippen molar-refractivity contribution in [2.45, 2.75) is 51.8 Å². The van der Waals surface area contributed by atoms with E-state index in [1.807, 2.05) is 40.7 Å².